The summed E-state index contributed by atoms with van der Waals surface area (Å²) in [4.78, 5) is 0. The summed E-state index contributed by atoms with van der Waals surface area (Å²) in [5.74, 6) is 0.926. The summed E-state index contributed by atoms with van der Waals surface area (Å²) in [5.41, 5.74) is 2.53. The smallest absolute Gasteiger partial charge is 0.119 e. The second-order valence-electron chi connectivity index (χ2n) is 4.97. The third-order valence-electron chi connectivity index (χ3n) is 3.55. The number of hydrogen-bond acceptors (Lipinski definition) is 1. The zero-order chi connectivity index (χ0) is 13.8. The molecule has 3 rings (SSSR count). The van der Waals surface area contributed by atoms with E-state index in [9.17, 15) is 0 Å². The van der Waals surface area contributed by atoms with Gasteiger partial charge in [-0.05, 0) is 46.5 Å². The highest BCUT2D eigenvalue weighted by atomic mass is 16.5. The molecule has 1 heteroatoms. The van der Waals surface area contributed by atoms with Crippen LogP contribution in [0.2, 0.25) is 0 Å². The van der Waals surface area contributed by atoms with Gasteiger partial charge < -0.3 is 4.74 Å². The zero-order valence-electron chi connectivity index (χ0n) is 11.7. The molecule has 0 aliphatic carbocycles. The molecule has 0 radical (unpaired) electrons. The maximum absolute atomic E-state index is 5.84. The lowest BCUT2D eigenvalue weighted by Gasteiger charge is -2.08. The zero-order valence-corrected chi connectivity index (χ0v) is 11.7. The Bertz CT molecular complexity index is 698. The summed E-state index contributed by atoms with van der Waals surface area (Å²) < 4.78 is 5.84. The molecule has 0 fully saturated rings. The van der Waals surface area contributed by atoms with Gasteiger partial charge in [-0.3, -0.25) is 0 Å². The topological polar surface area (TPSA) is 9.23 Å². The van der Waals surface area contributed by atoms with E-state index in [0.29, 0.717) is 6.61 Å². The van der Waals surface area contributed by atoms with Crippen LogP contribution in [-0.2, 0) is 13.0 Å². The fourth-order valence-electron chi connectivity index (χ4n) is 2.32. The van der Waals surface area contributed by atoms with Crippen LogP contribution in [0.3, 0.4) is 0 Å². The fraction of sp³-hybridized carbons (Fsp3) is 0.158. The van der Waals surface area contributed by atoms with Gasteiger partial charge >= 0.3 is 0 Å². The Labute approximate surface area is 119 Å². The van der Waals surface area contributed by atoms with Gasteiger partial charge in [0.1, 0.15) is 12.4 Å². The minimum absolute atomic E-state index is 0.607. The maximum atomic E-state index is 5.84. The van der Waals surface area contributed by atoms with E-state index in [0.717, 1.165) is 12.2 Å². The summed E-state index contributed by atoms with van der Waals surface area (Å²) in [6, 6.07) is 23.2. The van der Waals surface area contributed by atoms with Crippen molar-refractivity contribution in [2.24, 2.45) is 0 Å². The molecular formula is C19H18O. The first-order valence-corrected chi connectivity index (χ1v) is 7.04. The van der Waals surface area contributed by atoms with Gasteiger partial charge in [-0.25, -0.2) is 0 Å². The van der Waals surface area contributed by atoms with E-state index in [2.05, 4.69) is 61.5 Å². The molecule has 0 heterocycles. The summed E-state index contributed by atoms with van der Waals surface area (Å²) >= 11 is 0. The van der Waals surface area contributed by atoms with Crippen LogP contribution in [0.1, 0.15) is 18.1 Å². The summed E-state index contributed by atoms with van der Waals surface area (Å²) in [5, 5.41) is 2.53. The molecule has 0 atom stereocenters. The molecule has 20 heavy (non-hydrogen) atoms. The quantitative estimate of drug-likeness (QED) is 0.644. The molecule has 100 valence electrons. The second kappa shape index (κ2) is 5.79. The van der Waals surface area contributed by atoms with Crippen molar-refractivity contribution in [1.82, 2.24) is 0 Å². The molecule has 3 aromatic rings. The summed E-state index contributed by atoms with van der Waals surface area (Å²) in [6.45, 7) is 2.77. The average Bonchev–Trinajstić information content (AvgIpc) is 2.53. The number of ether oxygens (including phenoxy) is 1. The van der Waals surface area contributed by atoms with Crippen LogP contribution < -0.4 is 4.74 Å². The van der Waals surface area contributed by atoms with Crippen molar-refractivity contribution >= 4 is 10.8 Å². The average molecular weight is 262 g/mol. The van der Waals surface area contributed by atoms with E-state index >= 15 is 0 Å². The van der Waals surface area contributed by atoms with Gasteiger partial charge in [0, 0.05) is 0 Å². The second-order valence-corrected chi connectivity index (χ2v) is 4.97. The highest BCUT2D eigenvalue weighted by Gasteiger charge is 1.98. The summed E-state index contributed by atoms with van der Waals surface area (Å²) in [7, 11) is 0. The van der Waals surface area contributed by atoms with Crippen molar-refractivity contribution in [3.63, 3.8) is 0 Å². The number of hydrogen-bond donors (Lipinski definition) is 0. The highest BCUT2D eigenvalue weighted by Crippen LogP contribution is 2.18. The maximum Gasteiger partial charge on any atom is 0.119 e. The third-order valence-corrected chi connectivity index (χ3v) is 3.55. The van der Waals surface area contributed by atoms with Crippen molar-refractivity contribution in [3.05, 3.63) is 77.9 Å². The lowest BCUT2D eigenvalue weighted by Crippen LogP contribution is -1.95. The third kappa shape index (κ3) is 2.83. The van der Waals surface area contributed by atoms with Gasteiger partial charge in [-0.15, -0.1) is 0 Å². The number of benzene rings is 3. The molecule has 0 aromatic heterocycles. The van der Waals surface area contributed by atoms with Gasteiger partial charge in [0.25, 0.3) is 0 Å². The molecule has 0 aliphatic heterocycles. The van der Waals surface area contributed by atoms with Crippen LogP contribution in [0.15, 0.2) is 66.7 Å². The van der Waals surface area contributed by atoms with E-state index in [4.69, 9.17) is 4.74 Å². The molecule has 3 aromatic carbocycles. The molecule has 1 nitrogen and oxygen atoms in total. The monoisotopic (exact) mass is 262 g/mol. The molecule has 0 saturated heterocycles. The Hall–Kier alpha value is -2.28. The van der Waals surface area contributed by atoms with Crippen LogP contribution >= 0.6 is 0 Å². The van der Waals surface area contributed by atoms with Crippen LogP contribution in [0.25, 0.3) is 10.8 Å². The van der Waals surface area contributed by atoms with Crippen molar-refractivity contribution in [3.8, 4) is 5.75 Å². The van der Waals surface area contributed by atoms with E-state index in [1.165, 1.54) is 21.9 Å². The first-order valence-electron chi connectivity index (χ1n) is 7.04. The molecule has 0 amide bonds. The number of aryl methyl sites for hydroxylation is 1. The van der Waals surface area contributed by atoms with E-state index in [-0.39, 0.29) is 0 Å². The lowest BCUT2D eigenvalue weighted by molar-refractivity contribution is 0.306. The van der Waals surface area contributed by atoms with Crippen LogP contribution in [0.4, 0.5) is 0 Å². The van der Waals surface area contributed by atoms with Gasteiger partial charge in [-0.2, -0.15) is 0 Å². The summed E-state index contributed by atoms with van der Waals surface area (Å²) in [6.07, 6.45) is 1.06. The Balaban J connectivity index is 1.72. The SMILES string of the molecule is CCc1ccc(OCc2ccc3ccccc3c2)cc1. The fourth-order valence-corrected chi connectivity index (χ4v) is 2.32. The molecule has 0 spiro atoms. The van der Waals surface area contributed by atoms with Crippen LogP contribution in [-0.4, -0.2) is 0 Å². The van der Waals surface area contributed by atoms with Gasteiger partial charge in [0.15, 0.2) is 0 Å². The predicted octanol–water partition coefficient (Wildman–Crippen LogP) is 4.98. The molecule has 0 aliphatic rings. The lowest BCUT2D eigenvalue weighted by atomic mass is 10.1. The van der Waals surface area contributed by atoms with Gasteiger partial charge in [-0.1, -0.05) is 55.5 Å². The predicted molar refractivity (Wildman–Crippen MR) is 84.1 cm³/mol. The first kappa shape index (κ1) is 12.7. The minimum atomic E-state index is 0.607. The standard InChI is InChI=1S/C19H18O/c1-2-15-8-11-19(12-9-15)20-14-16-7-10-17-5-3-4-6-18(17)13-16/h3-13H,2,14H2,1H3. The number of rotatable bonds is 4. The largest absolute Gasteiger partial charge is 0.489 e. The first-order chi connectivity index (χ1) is 9.85. The van der Waals surface area contributed by atoms with E-state index in [1.54, 1.807) is 0 Å². The Kier molecular flexibility index (Phi) is 3.69. The number of fused-ring (bicyclic) bond motifs is 1. The normalized spacial score (nSPS) is 10.7. The van der Waals surface area contributed by atoms with Crippen molar-refractivity contribution in [2.75, 3.05) is 0 Å². The van der Waals surface area contributed by atoms with Crippen molar-refractivity contribution in [2.45, 2.75) is 20.0 Å². The van der Waals surface area contributed by atoms with Crippen LogP contribution in [0.5, 0.6) is 5.75 Å². The van der Waals surface area contributed by atoms with E-state index < -0.39 is 0 Å². The van der Waals surface area contributed by atoms with Crippen molar-refractivity contribution in [1.29, 1.82) is 0 Å². The van der Waals surface area contributed by atoms with Gasteiger partial charge in [0.2, 0.25) is 0 Å². The van der Waals surface area contributed by atoms with E-state index in [1.807, 2.05) is 12.1 Å². The van der Waals surface area contributed by atoms with Gasteiger partial charge in [0.05, 0.1) is 0 Å². The van der Waals surface area contributed by atoms with Crippen LogP contribution in [0, 0.1) is 0 Å². The highest BCUT2D eigenvalue weighted by molar-refractivity contribution is 5.82. The molecular weight excluding hydrogens is 244 g/mol. The van der Waals surface area contributed by atoms with Crippen molar-refractivity contribution < 1.29 is 4.74 Å². The molecule has 0 N–H and O–H groups in total. The molecule has 0 bridgehead atoms. The minimum Gasteiger partial charge on any atom is -0.489 e. The Morgan fingerprint density at radius 2 is 1.45 bits per heavy atom. The molecule has 0 unspecified atom stereocenters. The Morgan fingerprint density at radius 3 is 2.20 bits per heavy atom. The molecule has 0 saturated carbocycles. The Morgan fingerprint density at radius 1 is 0.750 bits per heavy atom.